The van der Waals surface area contributed by atoms with Gasteiger partial charge in [0.05, 0.1) is 6.26 Å². The molecule has 0 aliphatic carbocycles. The van der Waals surface area contributed by atoms with Crippen molar-refractivity contribution in [1.82, 2.24) is 10.6 Å². The summed E-state index contributed by atoms with van der Waals surface area (Å²) < 4.78 is 5.38. The molecule has 1 fully saturated rings. The number of carbonyl (C=O) groups excluding carboxylic acids is 1. The lowest BCUT2D eigenvalue weighted by Crippen LogP contribution is -2.36. The Balaban J connectivity index is 1.61. The van der Waals surface area contributed by atoms with Crippen molar-refractivity contribution in [2.45, 2.75) is 23.1 Å². The van der Waals surface area contributed by atoms with E-state index in [4.69, 9.17) is 4.42 Å². The first-order chi connectivity index (χ1) is 10.3. The van der Waals surface area contributed by atoms with Crippen molar-refractivity contribution in [2.24, 2.45) is 0 Å². The van der Waals surface area contributed by atoms with Crippen molar-refractivity contribution in [1.29, 1.82) is 0 Å². The van der Waals surface area contributed by atoms with Gasteiger partial charge in [0.1, 0.15) is 0 Å². The fourth-order valence-corrected chi connectivity index (χ4v) is 3.25. The van der Waals surface area contributed by atoms with Crippen LogP contribution in [0.4, 0.5) is 0 Å². The van der Waals surface area contributed by atoms with Gasteiger partial charge in [-0.3, -0.25) is 4.79 Å². The molecular weight excluding hydrogens is 284 g/mol. The number of thioether (sulfide) groups is 1. The molecule has 4 nitrogen and oxygen atoms in total. The number of amides is 1. The topological polar surface area (TPSA) is 54.3 Å². The molecule has 0 radical (unpaired) electrons. The number of furan rings is 1. The zero-order chi connectivity index (χ0) is 14.5. The summed E-state index contributed by atoms with van der Waals surface area (Å²) in [5.74, 6) is 1.05. The van der Waals surface area contributed by atoms with E-state index in [1.165, 1.54) is 4.90 Å². The minimum absolute atomic E-state index is 0.114. The lowest BCUT2D eigenvalue weighted by atomic mass is 10.2. The van der Waals surface area contributed by atoms with E-state index >= 15 is 0 Å². The molecule has 1 aliphatic heterocycles. The van der Waals surface area contributed by atoms with Crippen molar-refractivity contribution in [3.05, 3.63) is 54.0 Å². The smallest absolute Gasteiger partial charge is 0.287 e. The molecule has 1 saturated heterocycles. The second-order valence-electron chi connectivity index (χ2n) is 5.04. The van der Waals surface area contributed by atoms with Crippen molar-refractivity contribution in [3.63, 3.8) is 0 Å². The van der Waals surface area contributed by atoms with Crippen molar-refractivity contribution in [2.75, 3.05) is 13.1 Å². The Hall–Kier alpha value is -1.72. The molecule has 1 amide bonds. The summed E-state index contributed by atoms with van der Waals surface area (Å²) >= 11 is 1.70. The van der Waals surface area contributed by atoms with Gasteiger partial charge < -0.3 is 15.1 Å². The average Bonchev–Trinajstić information content (AvgIpc) is 3.17. The van der Waals surface area contributed by atoms with Crippen molar-refractivity contribution < 1.29 is 9.21 Å². The summed E-state index contributed by atoms with van der Waals surface area (Å²) in [6.45, 7) is 1.79. The number of hydrogen-bond acceptors (Lipinski definition) is 4. The molecule has 2 heterocycles. The van der Waals surface area contributed by atoms with Gasteiger partial charge >= 0.3 is 0 Å². The molecule has 3 rings (SSSR count). The van der Waals surface area contributed by atoms with Crippen LogP contribution in [-0.2, 0) is 5.75 Å². The third-order valence-corrected chi connectivity index (χ3v) is 4.55. The normalized spacial score (nSPS) is 17.8. The maximum absolute atomic E-state index is 12.3. The molecule has 1 aromatic carbocycles. The first-order valence-corrected chi connectivity index (χ1v) is 8.07. The maximum Gasteiger partial charge on any atom is 0.287 e. The molecule has 21 heavy (non-hydrogen) atoms. The van der Waals surface area contributed by atoms with Gasteiger partial charge in [0.15, 0.2) is 5.76 Å². The summed E-state index contributed by atoms with van der Waals surface area (Å²) in [4.78, 5) is 13.4. The number of carbonyl (C=O) groups is 1. The quantitative estimate of drug-likeness (QED) is 0.834. The largest absolute Gasteiger partial charge is 0.459 e. The van der Waals surface area contributed by atoms with E-state index in [1.54, 1.807) is 18.0 Å². The van der Waals surface area contributed by atoms with Crippen LogP contribution in [0.2, 0.25) is 0 Å². The van der Waals surface area contributed by atoms with E-state index in [0.717, 1.165) is 30.8 Å². The first-order valence-electron chi connectivity index (χ1n) is 7.09. The molecule has 110 valence electrons. The molecule has 0 saturated carbocycles. The van der Waals surface area contributed by atoms with Crippen LogP contribution < -0.4 is 10.6 Å². The van der Waals surface area contributed by atoms with Gasteiger partial charge in [-0.15, -0.1) is 11.8 Å². The molecule has 2 aromatic rings. The van der Waals surface area contributed by atoms with Crippen molar-refractivity contribution in [3.8, 4) is 0 Å². The van der Waals surface area contributed by atoms with Gasteiger partial charge in [0, 0.05) is 28.8 Å². The minimum Gasteiger partial charge on any atom is -0.459 e. The highest BCUT2D eigenvalue weighted by atomic mass is 32.2. The molecule has 0 bridgehead atoms. The molecule has 5 heteroatoms. The van der Waals surface area contributed by atoms with E-state index in [0.29, 0.717) is 5.76 Å². The van der Waals surface area contributed by atoms with Crippen LogP contribution in [0.3, 0.4) is 0 Å². The summed E-state index contributed by atoms with van der Waals surface area (Å²) in [6.07, 6.45) is 2.56. The van der Waals surface area contributed by atoms with Gasteiger partial charge in [-0.2, -0.15) is 0 Å². The molecule has 2 N–H and O–H groups in total. The van der Waals surface area contributed by atoms with Crippen LogP contribution in [-0.4, -0.2) is 25.0 Å². The lowest BCUT2D eigenvalue weighted by molar-refractivity contribution is 0.0911. The Bertz CT molecular complexity index is 591. The Morgan fingerprint density at radius 1 is 1.33 bits per heavy atom. The highest BCUT2D eigenvalue weighted by molar-refractivity contribution is 7.98. The Morgan fingerprint density at radius 3 is 2.95 bits per heavy atom. The van der Waals surface area contributed by atoms with Gasteiger partial charge in [-0.25, -0.2) is 0 Å². The zero-order valence-corrected chi connectivity index (χ0v) is 12.5. The van der Waals surface area contributed by atoms with E-state index in [9.17, 15) is 4.79 Å². The number of nitrogens with one attached hydrogen (secondary N) is 2. The molecule has 1 aromatic heterocycles. The summed E-state index contributed by atoms with van der Waals surface area (Å²) in [6, 6.07) is 12.2. The Kier molecular flexibility index (Phi) is 4.62. The SMILES string of the molecule is O=C(NC1CCNC1)c1occc1CSc1ccccc1. The standard InChI is InChI=1S/C16H18N2O2S/c19-16(18-13-6-8-17-10-13)15-12(7-9-20-15)11-21-14-4-2-1-3-5-14/h1-5,7,9,13,17H,6,8,10-11H2,(H,18,19). The van der Waals surface area contributed by atoms with Crippen LogP contribution in [0.1, 0.15) is 22.5 Å². The third-order valence-electron chi connectivity index (χ3n) is 3.49. The van der Waals surface area contributed by atoms with Crippen LogP contribution in [0.15, 0.2) is 52.0 Å². The molecule has 0 spiro atoms. The van der Waals surface area contributed by atoms with Crippen LogP contribution in [0.25, 0.3) is 0 Å². The van der Waals surface area contributed by atoms with Crippen LogP contribution >= 0.6 is 11.8 Å². The number of hydrogen-bond donors (Lipinski definition) is 2. The van der Waals surface area contributed by atoms with E-state index in [2.05, 4.69) is 22.8 Å². The van der Waals surface area contributed by atoms with Crippen LogP contribution in [0.5, 0.6) is 0 Å². The minimum atomic E-state index is -0.114. The predicted octanol–water partition coefficient (Wildman–Crippen LogP) is 2.66. The molecule has 1 unspecified atom stereocenters. The predicted molar refractivity (Wildman–Crippen MR) is 83.5 cm³/mol. The lowest BCUT2D eigenvalue weighted by Gasteiger charge is -2.10. The summed E-state index contributed by atoms with van der Waals surface area (Å²) in [5.41, 5.74) is 0.937. The highest BCUT2D eigenvalue weighted by Gasteiger charge is 2.21. The van der Waals surface area contributed by atoms with Crippen molar-refractivity contribution >= 4 is 17.7 Å². The van der Waals surface area contributed by atoms with Gasteiger partial charge in [-0.05, 0) is 31.2 Å². The second-order valence-corrected chi connectivity index (χ2v) is 6.09. The number of benzene rings is 1. The molecule has 1 aliphatic rings. The third kappa shape index (κ3) is 3.68. The van der Waals surface area contributed by atoms with Crippen LogP contribution in [0, 0.1) is 0 Å². The Labute approximate surface area is 128 Å². The number of rotatable bonds is 5. The maximum atomic E-state index is 12.3. The monoisotopic (exact) mass is 302 g/mol. The van der Waals surface area contributed by atoms with E-state index < -0.39 is 0 Å². The fraction of sp³-hybridized carbons (Fsp3) is 0.312. The first kappa shape index (κ1) is 14.2. The van der Waals surface area contributed by atoms with Gasteiger partial charge in [0.2, 0.25) is 0 Å². The van der Waals surface area contributed by atoms with Gasteiger partial charge in [-0.1, -0.05) is 18.2 Å². The zero-order valence-electron chi connectivity index (χ0n) is 11.7. The van der Waals surface area contributed by atoms with Gasteiger partial charge in [0.25, 0.3) is 5.91 Å². The molecular formula is C16H18N2O2S. The second kappa shape index (κ2) is 6.83. The highest BCUT2D eigenvalue weighted by Crippen LogP contribution is 2.24. The molecule has 1 atom stereocenters. The summed E-state index contributed by atoms with van der Waals surface area (Å²) in [7, 11) is 0. The Morgan fingerprint density at radius 2 is 2.19 bits per heavy atom. The van der Waals surface area contributed by atoms with E-state index in [1.807, 2.05) is 24.3 Å². The fourth-order valence-electron chi connectivity index (χ4n) is 2.36. The average molecular weight is 302 g/mol. The van der Waals surface area contributed by atoms with E-state index in [-0.39, 0.29) is 11.9 Å². The summed E-state index contributed by atoms with van der Waals surface area (Å²) in [5, 5.41) is 6.25.